The minimum absolute atomic E-state index is 0.396. The number of phenols is 1. The zero-order valence-corrected chi connectivity index (χ0v) is 12.7. The first-order valence-corrected chi connectivity index (χ1v) is 6.92. The van der Waals surface area contributed by atoms with Gasteiger partial charge in [-0.05, 0) is 77.4 Å². The normalized spacial score (nSPS) is 10.4. The maximum Gasteiger partial charge on any atom is 0.121 e. The number of aryl methyl sites for hydroxylation is 2. The van der Waals surface area contributed by atoms with Crippen molar-refractivity contribution >= 4 is 28.3 Å². The second-order valence-electron chi connectivity index (χ2n) is 4.44. The SMILES string of the molecule is Cc1cc(CNc2ccc(I)cc2)cc(C)c1O. The number of hydrogen-bond donors (Lipinski definition) is 2. The first kappa shape index (κ1) is 13.2. The Morgan fingerprint density at radius 1 is 1.06 bits per heavy atom. The number of rotatable bonds is 3. The van der Waals surface area contributed by atoms with Crippen LogP contribution < -0.4 is 5.32 Å². The first-order chi connectivity index (χ1) is 8.56. The number of benzene rings is 2. The van der Waals surface area contributed by atoms with Gasteiger partial charge in [-0.15, -0.1) is 0 Å². The molecule has 0 spiro atoms. The fraction of sp³-hybridized carbons (Fsp3) is 0.200. The van der Waals surface area contributed by atoms with Crippen molar-refractivity contribution in [2.45, 2.75) is 20.4 Å². The quantitative estimate of drug-likeness (QED) is 0.810. The van der Waals surface area contributed by atoms with Gasteiger partial charge in [0.05, 0.1) is 0 Å². The number of aromatic hydroxyl groups is 1. The molecule has 0 bridgehead atoms. The Morgan fingerprint density at radius 3 is 2.17 bits per heavy atom. The summed E-state index contributed by atoms with van der Waals surface area (Å²) >= 11 is 2.29. The van der Waals surface area contributed by atoms with E-state index in [0.717, 1.165) is 23.4 Å². The van der Waals surface area contributed by atoms with Crippen molar-refractivity contribution in [2.75, 3.05) is 5.32 Å². The Balaban J connectivity index is 2.08. The van der Waals surface area contributed by atoms with Gasteiger partial charge in [-0.3, -0.25) is 0 Å². The van der Waals surface area contributed by atoms with Crippen LogP contribution in [0.1, 0.15) is 16.7 Å². The number of anilines is 1. The maximum absolute atomic E-state index is 9.73. The van der Waals surface area contributed by atoms with E-state index in [-0.39, 0.29) is 0 Å². The number of phenolic OH excluding ortho intramolecular Hbond substituents is 1. The van der Waals surface area contributed by atoms with Gasteiger partial charge in [0, 0.05) is 15.8 Å². The molecule has 3 heteroatoms. The highest BCUT2D eigenvalue weighted by molar-refractivity contribution is 14.1. The Morgan fingerprint density at radius 2 is 1.61 bits per heavy atom. The first-order valence-electron chi connectivity index (χ1n) is 5.85. The summed E-state index contributed by atoms with van der Waals surface area (Å²) in [6.45, 7) is 4.62. The standard InChI is InChI=1S/C15H16INO/c1-10-7-12(8-11(2)15(10)18)9-17-14-5-3-13(16)4-6-14/h3-8,17-18H,9H2,1-2H3. The monoisotopic (exact) mass is 353 g/mol. The van der Waals surface area contributed by atoms with E-state index in [4.69, 9.17) is 0 Å². The van der Waals surface area contributed by atoms with Gasteiger partial charge in [0.15, 0.2) is 0 Å². The second kappa shape index (κ2) is 5.61. The summed E-state index contributed by atoms with van der Waals surface area (Å²) in [6, 6.07) is 12.3. The molecule has 2 aromatic carbocycles. The smallest absolute Gasteiger partial charge is 0.121 e. The Labute approximate surface area is 121 Å². The second-order valence-corrected chi connectivity index (χ2v) is 5.68. The summed E-state index contributed by atoms with van der Waals surface area (Å²) < 4.78 is 1.23. The molecule has 0 aliphatic heterocycles. The molecule has 94 valence electrons. The van der Waals surface area contributed by atoms with E-state index in [1.165, 1.54) is 9.13 Å². The van der Waals surface area contributed by atoms with Gasteiger partial charge in [-0.25, -0.2) is 0 Å². The van der Waals surface area contributed by atoms with E-state index in [1.54, 1.807) is 0 Å². The van der Waals surface area contributed by atoms with E-state index >= 15 is 0 Å². The van der Waals surface area contributed by atoms with E-state index in [1.807, 2.05) is 26.0 Å². The van der Waals surface area contributed by atoms with E-state index < -0.39 is 0 Å². The molecule has 0 aliphatic rings. The molecule has 0 aromatic heterocycles. The molecule has 0 amide bonds. The number of halogens is 1. The molecule has 0 unspecified atom stereocenters. The molecular formula is C15H16INO. The lowest BCUT2D eigenvalue weighted by molar-refractivity contribution is 0.466. The summed E-state index contributed by atoms with van der Waals surface area (Å²) in [6.07, 6.45) is 0. The largest absolute Gasteiger partial charge is 0.507 e. The molecule has 0 atom stereocenters. The molecule has 0 fully saturated rings. The fourth-order valence-corrected chi connectivity index (χ4v) is 2.28. The highest BCUT2D eigenvalue weighted by atomic mass is 127. The Kier molecular flexibility index (Phi) is 4.11. The number of nitrogens with one attached hydrogen (secondary N) is 1. The molecule has 0 radical (unpaired) electrons. The van der Waals surface area contributed by atoms with Crippen LogP contribution in [0.15, 0.2) is 36.4 Å². The zero-order chi connectivity index (χ0) is 13.1. The van der Waals surface area contributed by atoms with Crippen LogP contribution in [0.5, 0.6) is 5.75 Å². The van der Waals surface area contributed by atoms with Crippen molar-refractivity contribution in [3.05, 3.63) is 56.7 Å². The predicted octanol–water partition coefficient (Wildman–Crippen LogP) is 4.23. The van der Waals surface area contributed by atoms with Crippen molar-refractivity contribution in [1.82, 2.24) is 0 Å². The van der Waals surface area contributed by atoms with E-state index in [0.29, 0.717) is 5.75 Å². The van der Waals surface area contributed by atoms with Crippen LogP contribution in [0.3, 0.4) is 0 Å². The zero-order valence-electron chi connectivity index (χ0n) is 10.5. The third kappa shape index (κ3) is 3.16. The average molecular weight is 353 g/mol. The highest BCUT2D eigenvalue weighted by Crippen LogP contribution is 2.23. The van der Waals surface area contributed by atoms with E-state index in [9.17, 15) is 5.11 Å². The fourth-order valence-electron chi connectivity index (χ4n) is 1.92. The third-order valence-corrected chi connectivity index (χ3v) is 3.61. The lowest BCUT2D eigenvalue weighted by Gasteiger charge is -2.10. The van der Waals surface area contributed by atoms with Gasteiger partial charge in [0.25, 0.3) is 0 Å². The molecule has 0 heterocycles. The van der Waals surface area contributed by atoms with Gasteiger partial charge in [-0.2, -0.15) is 0 Å². The Hall–Kier alpha value is -1.23. The average Bonchev–Trinajstić information content (AvgIpc) is 2.35. The lowest BCUT2D eigenvalue weighted by Crippen LogP contribution is -2.00. The van der Waals surface area contributed by atoms with Gasteiger partial charge in [-0.1, -0.05) is 12.1 Å². The van der Waals surface area contributed by atoms with Crippen LogP contribution in [0.4, 0.5) is 5.69 Å². The highest BCUT2D eigenvalue weighted by Gasteiger charge is 2.03. The predicted molar refractivity (Wildman–Crippen MR) is 84.1 cm³/mol. The Bertz CT molecular complexity index is 526. The third-order valence-electron chi connectivity index (χ3n) is 2.89. The molecule has 2 rings (SSSR count). The van der Waals surface area contributed by atoms with Crippen LogP contribution in [-0.4, -0.2) is 5.11 Å². The molecular weight excluding hydrogens is 337 g/mol. The molecule has 0 saturated carbocycles. The lowest BCUT2D eigenvalue weighted by atomic mass is 10.1. The summed E-state index contributed by atoms with van der Waals surface area (Å²) in [5.41, 5.74) is 4.14. The molecule has 0 saturated heterocycles. The van der Waals surface area contributed by atoms with Crippen molar-refractivity contribution in [1.29, 1.82) is 0 Å². The van der Waals surface area contributed by atoms with Crippen molar-refractivity contribution in [3.8, 4) is 5.75 Å². The van der Waals surface area contributed by atoms with Gasteiger partial charge >= 0.3 is 0 Å². The molecule has 2 N–H and O–H groups in total. The topological polar surface area (TPSA) is 32.3 Å². The van der Waals surface area contributed by atoms with Crippen molar-refractivity contribution < 1.29 is 5.11 Å². The van der Waals surface area contributed by atoms with E-state index in [2.05, 4.69) is 52.2 Å². The molecule has 18 heavy (non-hydrogen) atoms. The molecule has 2 aromatic rings. The number of hydrogen-bond acceptors (Lipinski definition) is 2. The maximum atomic E-state index is 9.73. The van der Waals surface area contributed by atoms with Gasteiger partial charge in [0.1, 0.15) is 5.75 Å². The van der Waals surface area contributed by atoms with Crippen LogP contribution >= 0.6 is 22.6 Å². The van der Waals surface area contributed by atoms with Crippen LogP contribution in [0.25, 0.3) is 0 Å². The van der Waals surface area contributed by atoms with Crippen LogP contribution in [0, 0.1) is 17.4 Å². The summed E-state index contributed by atoms with van der Waals surface area (Å²) in [4.78, 5) is 0. The minimum atomic E-state index is 0.396. The van der Waals surface area contributed by atoms with Crippen molar-refractivity contribution in [2.24, 2.45) is 0 Å². The minimum Gasteiger partial charge on any atom is -0.507 e. The van der Waals surface area contributed by atoms with Crippen LogP contribution in [0.2, 0.25) is 0 Å². The van der Waals surface area contributed by atoms with Crippen molar-refractivity contribution in [3.63, 3.8) is 0 Å². The summed E-state index contributed by atoms with van der Waals surface area (Å²) in [5.74, 6) is 0.396. The summed E-state index contributed by atoms with van der Waals surface area (Å²) in [7, 11) is 0. The van der Waals surface area contributed by atoms with Gasteiger partial charge < -0.3 is 10.4 Å². The van der Waals surface area contributed by atoms with Gasteiger partial charge in [0.2, 0.25) is 0 Å². The molecule has 0 aliphatic carbocycles. The summed E-state index contributed by atoms with van der Waals surface area (Å²) in [5, 5.41) is 13.1. The van der Waals surface area contributed by atoms with Crippen LogP contribution in [-0.2, 0) is 6.54 Å². The molecule has 2 nitrogen and oxygen atoms in total.